The Hall–Kier alpha value is -1.32. The Balaban J connectivity index is 2.35. The van der Waals surface area contributed by atoms with Crippen LogP contribution in [0.4, 0.5) is 0 Å². The fourth-order valence-electron chi connectivity index (χ4n) is 1.48. The van der Waals surface area contributed by atoms with Crippen molar-refractivity contribution in [3.63, 3.8) is 0 Å². The van der Waals surface area contributed by atoms with E-state index in [1.54, 1.807) is 12.5 Å². The predicted molar refractivity (Wildman–Crippen MR) is 61.3 cm³/mol. The summed E-state index contributed by atoms with van der Waals surface area (Å²) in [5.74, 6) is 0. The van der Waals surface area contributed by atoms with Gasteiger partial charge in [-0.15, -0.1) is 0 Å². The molecule has 0 spiro atoms. The molecule has 0 saturated carbocycles. The maximum atomic E-state index is 6.18. The monoisotopic (exact) mass is 221 g/mol. The number of imidazole rings is 1. The molecule has 1 aromatic carbocycles. The quantitative estimate of drug-likeness (QED) is 0.862. The van der Waals surface area contributed by atoms with E-state index in [-0.39, 0.29) is 0 Å². The molecule has 2 aromatic rings. The van der Waals surface area contributed by atoms with Gasteiger partial charge in [0.25, 0.3) is 0 Å². The van der Waals surface area contributed by atoms with E-state index in [1.807, 2.05) is 29.9 Å². The van der Waals surface area contributed by atoms with E-state index in [4.69, 9.17) is 11.6 Å². The first-order valence-electron chi connectivity index (χ1n) is 4.72. The fraction of sp³-hybridized carbons (Fsp3) is 0.182. The third-order valence-corrected chi connectivity index (χ3v) is 2.48. The van der Waals surface area contributed by atoms with Gasteiger partial charge in [0, 0.05) is 18.9 Å². The lowest BCUT2D eigenvalue weighted by Gasteiger charge is -2.07. The third-order valence-electron chi connectivity index (χ3n) is 2.18. The predicted octanol–water partition coefficient (Wildman–Crippen LogP) is 2.25. The molecular formula is C11H12ClN3. The molecule has 1 N–H and O–H groups in total. The Morgan fingerprint density at radius 3 is 2.93 bits per heavy atom. The van der Waals surface area contributed by atoms with Gasteiger partial charge in [-0.05, 0) is 24.7 Å². The zero-order chi connectivity index (χ0) is 10.7. The molecule has 0 atom stereocenters. The highest BCUT2D eigenvalue weighted by Gasteiger charge is 2.02. The van der Waals surface area contributed by atoms with Gasteiger partial charge in [-0.2, -0.15) is 0 Å². The fourth-order valence-corrected chi connectivity index (χ4v) is 1.78. The van der Waals surface area contributed by atoms with Crippen LogP contribution in [0, 0.1) is 0 Å². The Morgan fingerprint density at radius 2 is 2.33 bits per heavy atom. The van der Waals surface area contributed by atoms with Gasteiger partial charge in [-0.25, -0.2) is 4.98 Å². The summed E-state index contributed by atoms with van der Waals surface area (Å²) in [6.45, 7) is 0.823. The summed E-state index contributed by atoms with van der Waals surface area (Å²) < 4.78 is 1.89. The summed E-state index contributed by atoms with van der Waals surface area (Å²) in [6, 6.07) is 6.02. The number of benzene rings is 1. The minimum absolute atomic E-state index is 0.737. The summed E-state index contributed by atoms with van der Waals surface area (Å²) >= 11 is 6.18. The van der Waals surface area contributed by atoms with Crippen LogP contribution in [0.1, 0.15) is 5.56 Å². The van der Waals surface area contributed by atoms with Gasteiger partial charge in [-0.1, -0.05) is 17.7 Å². The first kappa shape index (κ1) is 10.2. The number of hydrogen-bond donors (Lipinski definition) is 1. The highest BCUT2D eigenvalue weighted by Crippen LogP contribution is 2.21. The maximum Gasteiger partial charge on any atom is 0.0992 e. The van der Waals surface area contributed by atoms with Crippen molar-refractivity contribution in [3.8, 4) is 5.69 Å². The van der Waals surface area contributed by atoms with E-state index in [2.05, 4.69) is 16.4 Å². The Labute approximate surface area is 93.7 Å². The van der Waals surface area contributed by atoms with Crippen LogP contribution < -0.4 is 5.32 Å². The number of rotatable bonds is 3. The molecule has 0 aliphatic heterocycles. The molecule has 0 fully saturated rings. The highest BCUT2D eigenvalue weighted by atomic mass is 35.5. The van der Waals surface area contributed by atoms with Gasteiger partial charge in [0.15, 0.2) is 0 Å². The molecule has 1 aromatic heterocycles. The van der Waals surface area contributed by atoms with Gasteiger partial charge in [0.1, 0.15) is 0 Å². The summed E-state index contributed by atoms with van der Waals surface area (Å²) in [6.07, 6.45) is 5.34. The van der Waals surface area contributed by atoms with Crippen LogP contribution in [-0.2, 0) is 6.54 Å². The summed E-state index contributed by atoms with van der Waals surface area (Å²) in [5.41, 5.74) is 2.13. The first-order valence-corrected chi connectivity index (χ1v) is 5.10. The van der Waals surface area contributed by atoms with Crippen LogP contribution in [-0.4, -0.2) is 16.6 Å². The average Bonchev–Trinajstić information content (AvgIpc) is 2.71. The zero-order valence-corrected chi connectivity index (χ0v) is 9.20. The summed E-state index contributed by atoms with van der Waals surface area (Å²) in [5, 5.41) is 3.82. The van der Waals surface area contributed by atoms with Crippen LogP contribution >= 0.6 is 11.6 Å². The summed E-state index contributed by atoms with van der Waals surface area (Å²) in [4.78, 5) is 3.99. The number of nitrogens with zero attached hydrogens (tertiary/aromatic N) is 2. The SMILES string of the molecule is CNCc1ccc(-n2ccnc2)c(Cl)c1. The zero-order valence-electron chi connectivity index (χ0n) is 8.44. The molecule has 1 heterocycles. The first-order chi connectivity index (χ1) is 7.31. The van der Waals surface area contributed by atoms with Crippen molar-refractivity contribution in [2.75, 3.05) is 7.05 Å². The van der Waals surface area contributed by atoms with Crippen molar-refractivity contribution in [1.29, 1.82) is 0 Å². The lowest BCUT2D eigenvalue weighted by atomic mass is 10.2. The third kappa shape index (κ3) is 2.19. The van der Waals surface area contributed by atoms with Crippen LogP contribution in [0.25, 0.3) is 5.69 Å². The van der Waals surface area contributed by atoms with Crippen molar-refractivity contribution in [2.45, 2.75) is 6.54 Å². The second kappa shape index (κ2) is 4.47. The van der Waals surface area contributed by atoms with Crippen molar-refractivity contribution in [2.24, 2.45) is 0 Å². The maximum absolute atomic E-state index is 6.18. The molecule has 0 amide bonds. The van der Waals surface area contributed by atoms with Crippen LogP contribution in [0.3, 0.4) is 0 Å². The van der Waals surface area contributed by atoms with Gasteiger partial charge in [0.2, 0.25) is 0 Å². The van der Waals surface area contributed by atoms with E-state index >= 15 is 0 Å². The average molecular weight is 222 g/mol. The molecule has 0 bridgehead atoms. The Bertz CT molecular complexity index is 437. The molecule has 0 saturated heterocycles. The number of aromatic nitrogens is 2. The molecule has 0 aliphatic carbocycles. The van der Waals surface area contributed by atoms with Crippen molar-refractivity contribution in [3.05, 3.63) is 47.5 Å². The minimum Gasteiger partial charge on any atom is -0.316 e. The number of halogens is 1. The van der Waals surface area contributed by atoms with E-state index in [0.717, 1.165) is 17.3 Å². The van der Waals surface area contributed by atoms with Crippen molar-refractivity contribution in [1.82, 2.24) is 14.9 Å². The van der Waals surface area contributed by atoms with Gasteiger partial charge >= 0.3 is 0 Å². The van der Waals surface area contributed by atoms with Crippen molar-refractivity contribution >= 4 is 11.6 Å². The molecule has 0 radical (unpaired) electrons. The second-order valence-corrected chi connectivity index (χ2v) is 3.69. The van der Waals surface area contributed by atoms with E-state index in [0.29, 0.717) is 0 Å². The standard InChI is InChI=1S/C11H12ClN3/c1-13-7-9-2-3-11(10(12)6-9)15-5-4-14-8-15/h2-6,8,13H,7H2,1H3. The highest BCUT2D eigenvalue weighted by molar-refractivity contribution is 6.32. The summed E-state index contributed by atoms with van der Waals surface area (Å²) in [7, 11) is 1.91. The van der Waals surface area contributed by atoms with E-state index in [1.165, 1.54) is 5.56 Å². The lowest BCUT2D eigenvalue weighted by Crippen LogP contribution is -2.05. The Kier molecular flexibility index (Phi) is 3.04. The van der Waals surface area contributed by atoms with Gasteiger partial charge in [0.05, 0.1) is 17.0 Å². The van der Waals surface area contributed by atoms with Crippen molar-refractivity contribution < 1.29 is 0 Å². The number of nitrogens with one attached hydrogen (secondary N) is 1. The normalized spacial score (nSPS) is 10.5. The molecule has 4 heteroatoms. The molecule has 0 aliphatic rings. The molecule has 15 heavy (non-hydrogen) atoms. The molecule has 0 unspecified atom stereocenters. The van der Waals surface area contributed by atoms with Gasteiger partial charge < -0.3 is 9.88 Å². The van der Waals surface area contributed by atoms with Crippen LogP contribution in [0.5, 0.6) is 0 Å². The second-order valence-electron chi connectivity index (χ2n) is 3.29. The lowest BCUT2D eigenvalue weighted by molar-refractivity contribution is 0.817. The van der Waals surface area contributed by atoms with E-state index < -0.39 is 0 Å². The number of hydrogen-bond acceptors (Lipinski definition) is 2. The smallest absolute Gasteiger partial charge is 0.0992 e. The topological polar surface area (TPSA) is 29.9 Å². The molecule has 2 rings (SSSR count). The van der Waals surface area contributed by atoms with E-state index in [9.17, 15) is 0 Å². The molecule has 3 nitrogen and oxygen atoms in total. The molecular weight excluding hydrogens is 210 g/mol. The van der Waals surface area contributed by atoms with Crippen LogP contribution in [0.2, 0.25) is 5.02 Å². The minimum atomic E-state index is 0.737. The Morgan fingerprint density at radius 1 is 1.47 bits per heavy atom. The largest absolute Gasteiger partial charge is 0.316 e. The van der Waals surface area contributed by atoms with Gasteiger partial charge in [-0.3, -0.25) is 0 Å². The molecule has 78 valence electrons. The van der Waals surface area contributed by atoms with Crippen LogP contribution in [0.15, 0.2) is 36.9 Å².